The predicted octanol–water partition coefficient (Wildman–Crippen LogP) is 1.14. The molecule has 58 valence electrons. The Kier molecular flexibility index (Phi) is 2.38. The van der Waals surface area contributed by atoms with Gasteiger partial charge in [-0.15, -0.1) is 0 Å². The van der Waals surface area contributed by atoms with Crippen molar-refractivity contribution in [1.82, 2.24) is 4.98 Å². The van der Waals surface area contributed by atoms with E-state index in [1.165, 1.54) is 18.7 Å². The van der Waals surface area contributed by atoms with E-state index in [2.05, 4.69) is 17.2 Å². The van der Waals surface area contributed by atoms with E-state index in [9.17, 15) is 5.11 Å². The lowest BCUT2D eigenvalue weighted by Crippen LogP contribution is -1.90. The zero-order valence-corrected chi connectivity index (χ0v) is 6.76. The van der Waals surface area contributed by atoms with Crippen molar-refractivity contribution in [3.8, 4) is 11.5 Å². The summed E-state index contributed by atoms with van der Waals surface area (Å²) in [6.07, 6.45) is 1.52. The molecule has 0 aliphatic heterocycles. The maximum absolute atomic E-state index is 9.30. The van der Waals surface area contributed by atoms with E-state index < -0.39 is 0 Å². The first-order chi connectivity index (χ1) is 5.29. The summed E-state index contributed by atoms with van der Waals surface area (Å²) in [5.74, 6) is 0.376. The quantitative estimate of drug-likeness (QED) is 0.674. The Labute approximate surface area is 69.6 Å². The Morgan fingerprint density at radius 3 is 3.00 bits per heavy atom. The monoisotopic (exact) mass is 169 g/mol. The van der Waals surface area contributed by atoms with Crippen LogP contribution in [0.15, 0.2) is 12.3 Å². The first-order valence-corrected chi connectivity index (χ1v) is 3.44. The maximum Gasteiger partial charge on any atom is 0.184 e. The molecular weight excluding hydrogens is 162 g/mol. The molecule has 0 bridgehead atoms. The van der Waals surface area contributed by atoms with Gasteiger partial charge in [0.25, 0.3) is 0 Å². The SMILES string of the molecule is COc1ccnc(C=S)c1O. The Hall–Kier alpha value is -1.16. The molecule has 1 rings (SSSR count). The molecule has 0 unspecified atom stereocenters. The van der Waals surface area contributed by atoms with Crippen molar-refractivity contribution < 1.29 is 9.84 Å². The molecule has 1 heterocycles. The zero-order valence-electron chi connectivity index (χ0n) is 5.94. The second-order valence-electron chi connectivity index (χ2n) is 1.86. The first kappa shape index (κ1) is 7.94. The molecule has 0 atom stereocenters. The lowest BCUT2D eigenvalue weighted by molar-refractivity contribution is 0.371. The number of nitrogens with zero attached hydrogens (tertiary/aromatic N) is 1. The van der Waals surface area contributed by atoms with E-state index >= 15 is 0 Å². The smallest absolute Gasteiger partial charge is 0.184 e. The number of ether oxygens (including phenoxy) is 1. The number of aromatic nitrogens is 1. The van der Waals surface area contributed by atoms with E-state index in [4.69, 9.17) is 4.74 Å². The highest BCUT2D eigenvalue weighted by Gasteiger charge is 2.04. The molecule has 1 aromatic heterocycles. The van der Waals surface area contributed by atoms with Crippen molar-refractivity contribution in [1.29, 1.82) is 0 Å². The Balaban J connectivity index is 3.20. The number of rotatable bonds is 2. The van der Waals surface area contributed by atoms with Crippen LogP contribution in [0.4, 0.5) is 0 Å². The van der Waals surface area contributed by atoms with Gasteiger partial charge in [-0.05, 0) is 0 Å². The summed E-state index contributed by atoms with van der Waals surface area (Å²) >= 11 is 4.61. The summed E-state index contributed by atoms with van der Waals surface area (Å²) in [5.41, 5.74) is 0.361. The van der Waals surface area contributed by atoms with Gasteiger partial charge in [0.15, 0.2) is 11.5 Å². The summed E-state index contributed by atoms with van der Waals surface area (Å²) in [4.78, 5) is 3.82. The van der Waals surface area contributed by atoms with Crippen molar-refractivity contribution in [2.45, 2.75) is 0 Å². The summed E-state index contributed by atoms with van der Waals surface area (Å²) < 4.78 is 4.83. The fraction of sp³-hybridized carbons (Fsp3) is 0.143. The minimum absolute atomic E-state index is 0.00926. The van der Waals surface area contributed by atoms with Crippen LogP contribution in [0.5, 0.6) is 11.5 Å². The molecule has 0 spiro atoms. The number of thiocarbonyl (C=S) groups is 1. The van der Waals surface area contributed by atoms with E-state index in [1.54, 1.807) is 6.07 Å². The maximum atomic E-state index is 9.30. The standard InChI is InChI=1S/C7H7NO2S/c1-10-6-2-3-8-5(4-11)7(6)9/h2-4,9H,1H3. The molecule has 1 N–H and O–H groups in total. The Morgan fingerprint density at radius 2 is 2.45 bits per heavy atom. The van der Waals surface area contributed by atoms with Crippen LogP contribution in [0.1, 0.15) is 5.69 Å². The van der Waals surface area contributed by atoms with Crippen LogP contribution in [0.3, 0.4) is 0 Å². The molecule has 0 amide bonds. The normalized spacial score (nSPS) is 9.18. The van der Waals surface area contributed by atoms with Crippen LogP contribution < -0.4 is 4.74 Å². The van der Waals surface area contributed by atoms with E-state index in [0.717, 1.165) is 0 Å². The van der Waals surface area contributed by atoms with Crippen LogP contribution in [0, 0.1) is 0 Å². The molecule has 3 nitrogen and oxygen atoms in total. The fourth-order valence-electron chi connectivity index (χ4n) is 0.703. The molecule has 0 aromatic carbocycles. The van der Waals surface area contributed by atoms with Crippen molar-refractivity contribution in [2.75, 3.05) is 7.11 Å². The molecular formula is C7H7NO2S. The van der Waals surface area contributed by atoms with E-state index in [1.807, 2.05) is 0 Å². The number of methoxy groups -OCH3 is 1. The third kappa shape index (κ3) is 1.46. The van der Waals surface area contributed by atoms with Gasteiger partial charge in [0.05, 0.1) is 7.11 Å². The Morgan fingerprint density at radius 1 is 1.73 bits per heavy atom. The van der Waals surface area contributed by atoms with Crippen LogP contribution >= 0.6 is 12.2 Å². The van der Waals surface area contributed by atoms with Crippen LogP contribution in [0.2, 0.25) is 0 Å². The highest BCUT2D eigenvalue weighted by Crippen LogP contribution is 2.26. The van der Waals surface area contributed by atoms with Crippen LogP contribution in [-0.2, 0) is 0 Å². The highest BCUT2D eigenvalue weighted by molar-refractivity contribution is 7.79. The summed E-state index contributed by atoms with van der Waals surface area (Å²) in [6, 6.07) is 1.57. The lowest BCUT2D eigenvalue weighted by Gasteiger charge is -2.02. The van der Waals surface area contributed by atoms with Crippen molar-refractivity contribution in [2.24, 2.45) is 0 Å². The molecule has 0 radical (unpaired) electrons. The van der Waals surface area contributed by atoms with E-state index in [-0.39, 0.29) is 5.75 Å². The van der Waals surface area contributed by atoms with Gasteiger partial charge < -0.3 is 9.84 Å². The van der Waals surface area contributed by atoms with Crippen LogP contribution in [0.25, 0.3) is 0 Å². The summed E-state index contributed by atoms with van der Waals surface area (Å²) in [5, 5.41) is 10.6. The summed E-state index contributed by atoms with van der Waals surface area (Å²) in [6.45, 7) is 0. The number of hydrogen-bond acceptors (Lipinski definition) is 4. The average Bonchev–Trinajstić information content (AvgIpc) is 2.05. The molecule has 11 heavy (non-hydrogen) atoms. The van der Waals surface area contributed by atoms with E-state index in [0.29, 0.717) is 11.4 Å². The van der Waals surface area contributed by atoms with Crippen LogP contribution in [-0.4, -0.2) is 22.6 Å². The van der Waals surface area contributed by atoms with Crippen molar-refractivity contribution in [3.05, 3.63) is 18.0 Å². The van der Waals surface area contributed by atoms with Gasteiger partial charge in [-0.1, -0.05) is 12.2 Å². The fourth-order valence-corrected chi connectivity index (χ4v) is 0.875. The van der Waals surface area contributed by atoms with Gasteiger partial charge in [-0.25, -0.2) is 0 Å². The second-order valence-corrected chi connectivity index (χ2v) is 2.10. The predicted molar refractivity (Wildman–Crippen MR) is 45.2 cm³/mol. The van der Waals surface area contributed by atoms with Gasteiger partial charge in [0.1, 0.15) is 5.69 Å². The molecule has 0 saturated heterocycles. The first-order valence-electron chi connectivity index (χ1n) is 2.96. The van der Waals surface area contributed by atoms with Gasteiger partial charge in [-0.3, -0.25) is 4.98 Å². The molecule has 1 aromatic rings. The highest BCUT2D eigenvalue weighted by atomic mass is 32.1. The number of pyridine rings is 1. The minimum atomic E-state index is -0.00926. The molecule has 4 heteroatoms. The van der Waals surface area contributed by atoms with Crippen molar-refractivity contribution in [3.63, 3.8) is 0 Å². The number of hydrogen-bond donors (Lipinski definition) is 1. The van der Waals surface area contributed by atoms with Gasteiger partial charge in [0, 0.05) is 17.6 Å². The average molecular weight is 169 g/mol. The van der Waals surface area contributed by atoms with Crippen molar-refractivity contribution >= 4 is 17.6 Å². The minimum Gasteiger partial charge on any atom is -0.503 e. The van der Waals surface area contributed by atoms with Gasteiger partial charge >= 0.3 is 0 Å². The lowest BCUT2D eigenvalue weighted by atomic mass is 10.3. The van der Waals surface area contributed by atoms with Gasteiger partial charge in [-0.2, -0.15) is 0 Å². The third-order valence-corrected chi connectivity index (χ3v) is 1.47. The molecule has 0 aliphatic carbocycles. The third-order valence-electron chi connectivity index (χ3n) is 1.25. The molecule has 0 saturated carbocycles. The second kappa shape index (κ2) is 3.30. The zero-order chi connectivity index (χ0) is 8.27. The number of aromatic hydroxyl groups is 1. The topological polar surface area (TPSA) is 42.4 Å². The summed E-state index contributed by atoms with van der Waals surface area (Å²) in [7, 11) is 1.47. The molecule has 0 aliphatic rings. The largest absolute Gasteiger partial charge is 0.503 e. The Bertz CT molecular complexity index is 275. The van der Waals surface area contributed by atoms with Gasteiger partial charge in [0.2, 0.25) is 0 Å². The molecule has 0 fully saturated rings.